The summed E-state index contributed by atoms with van der Waals surface area (Å²) < 4.78 is 9.40. The molecular formula is C6H12O4. The molecule has 0 amide bonds. The Morgan fingerprint density at radius 1 is 1.40 bits per heavy atom. The lowest BCUT2D eigenvalue weighted by molar-refractivity contribution is -0.156. The van der Waals surface area contributed by atoms with Gasteiger partial charge >= 0.3 is 5.97 Å². The van der Waals surface area contributed by atoms with E-state index in [0.29, 0.717) is 0 Å². The van der Waals surface area contributed by atoms with Crippen molar-refractivity contribution < 1.29 is 19.4 Å². The van der Waals surface area contributed by atoms with E-state index in [4.69, 9.17) is 9.84 Å². The third-order valence-electron chi connectivity index (χ3n) is 1.30. The number of carboxylic acids is 1. The van der Waals surface area contributed by atoms with Crippen LogP contribution in [0.2, 0.25) is 0 Å². The molecule has 0 saturated carbocycles. The third kappa shape index (κ3) is 2.33. The van der Waals surface area contributed by atoms with Crippen molar-refractivity contribution in [2.24, 2.45) is 0 Å². The van der Waals surface area contributed by atoms with Gasteiger partial charge in [0.15, 0.2) is 6.10 Å². The Kier molecular flexibility index (Phi) is 3.99. The van der Waals surface area contributed by atoms with E-state index in [2.05, 4.69) is 4.74 Å². The summed E-state index contributed by atoms with van der Waals surface area (Å²) in [5.74, 6) is -1.00. The Bertz CT molecular complexity index is 112. The molecule has 0 aromatic rings. The largest absolute Gasteiger partial charge is 0.479 e. The number of carbonyl (C=O) groups is 1. The van der Waals surface area contributed by atoms with E-state index in [1.165, 1.54) is 14.2 Å². The van der Waals surface area contributed by atoms with Gasteiger partial charge in [0.2, 0.25) is 0 Å². The van der Waals surface area contributed by atoms with Gasteiger partial charge in [-0.3, -0.25) is 0 Å². The number of carboxylic acid groups (broad SMARTS) is 1. The minimum atomic E-state index is -1.00. The number of methoxy groups -OCH3 is 2. The molecule has 0 bridgehead atoms. The van der Waals surface area contributed by atoms with Crippen molar-refractivity contribution in [3.8, 4) is 0 Å². The average molecular weight is 148 g/mol. The van der Waals surface area contributed by atoms with E-state index in [1.807, 2.05) is 0 Å². The predicted octanol–water partition coefficient (Wildman–Crippen LogP) is 0.121. The molecule has 0 fully saturated rings. The van der Waals surface area contributed by atoms with E-state index in [-0.39, 0.29) is 0 Å². The standard InChI is InChI=1S/C6H12O4/c1-4(9-2)5(10-3)6(7)8/h4-5H,1-3H3,(H,7,8)/t4-,5-/m1/s1. The molecule has 0 heterocycles. The maximum Gasteiger partial charge on any atom is 0.335 e. The highest BCUT2D eigenvalue weighted by Gasteiger charge is 2.23. The van der Waals surface area contributed by atoms with Gasteiger partial charge in [0.05, 0.1) is 6.10 Å². The van der Waals surface area contributed by atoms with Crippen LogP contribution in [0, 0.1) is 0 Å². The second kappa shape index (κ2) is 4.24. The molecule has 60 valence electrons. The summed E-state index contributed by atoms with van der Waals surface area (Å²) in [7, 11) is 2.79. The Hall–Kier alpha value is -0.610. The average Bonchev–Trinajstić information content (AvgIpc) is 1.88. The van der Waals surface area contributed by atoms with Crippen molar-refractivity contribution in [2.75, 3.05) is 14.2 Å². The van der Waals surface area contributed by atoms with Crippen molar-refractivity contribution in [1.29, 1.82) is 0 Å². The zero-order chi connectivity index (χ0) is 8.15. The van der Waals surface area contributed by atoms with Crippen LogP contribution in [0.1, 0.15) is 6.92 Å². The lowest BCUT2D eigenvalue weighted by Gasteiger charge is -2.16. The Balaban J connectivity index is 3.92. The van der Waals surface area contributed by atoms with Gasteiger partial charge in [-0.15, -0.1) is 0 Å². The molecule has 4 nitrogen and oxygen atoms in total. The van der Waals surface area contributed by atoms with E-state index in [9.17, 15) is 4.79 Å². The second-order valence-corrected chi connectivity index (χ2v) is 1.94. The highest BCUT2D eigenvalue weighted by molar-refractivity contribution is 5.72. The molecule has 0 unspecified atom stereocenters. The van der Waals surface area contributed by atoms with Gasteiger partial charge < -0.3 is 14.6 Å². The molecule has 0 spiro atoms. The van der Waals surface area contributed by atoms with E-state index >= 15 is 0 Å². The van der Waals surface area contributed by atoms with Gasteiger partial charge in [-0.2, -0.15) is 0 Å². The Morgan fingerprint density at radius 3 is 2.00 bits per heavy atom. The molecular weight excluding hydrogens is 136 g/mol. The summed E-state index contributed by atoms with van der Waals surface area (Å²) in [5.41, 5.74) is 0. The lowest BCUT2D eigenvalue weighted by atomic mass is 10.2. The highest BCUT2D eigenvalue weighted by atomic mass is 16.5. The Labute approximate surface area is 59.7 Å². The van der Waals surface area contributed by atoms with Gasteiger partial charge in [-0.05, 0) is 6.92 Å². The normalized spacial score (nSPS) is 16.3. The zero-order valence-corrected chi connectivity index (χ0v) is 6.33. The third-order valence-corrected chi connectivity index (χ3v) is 1.30. The first-order chi connectivity index (χ1) is 4.63. The van der Waals surface area contributed by atoms with Gasteiger partial charge in [0.1, 0.15) is 0 Å². The molecule has 1 N–H and O–H groups in total. The van der Waals surface area contributed by atoms with Crippen LogP contribution in [-0.2, 0) is 14.3 Å². The van der Waals surface area contributed by atoms with Crippen LogP contribution in [0.5, 0.6) is 0 Å². The number of ether oxygens (including phenoxy) is 2. The first-order valence-electron chi connectivity index (χ1n) is 2.91. The van der Waals surface area contributed by atoms with Crippen molar-refractivity contribution >= 4 is 5.97 Å². The SMILES string of the molecule is CO[C@H](C)[C@@H](OC)C(=O)O. The van der Waals surface area contributed by atoms with Crippen LogP contribution in [0.15, 0.2) is 0 Å². The number of aliphatic carboxylic acids is 1. The van der Waals surface area contributed by atoms with E-state index in [0.717, 1.165) is 0 Å². The lowest BCUT2D eigenvalue weighted by Crippen LogP contribution is -2.34. The molecule has 0 rings (SSSR count). The van der Waals surface area contributed by atoms with Crippen LogP contribution in [0.3, 0.4) is 0 Å². The minimum absolute atomic E-state index is 0.414. The molecule has 4 heteroatoms. The minimum Gasteiger partial charge on any atom is -0.479 e. The topological polar surface area (TPSA) is 55.8 Å². The second-order valence-electron chi connectivity index (χ2n) is 1.94. The summed E-state index contributed by atoms with van der Waals surface area (Å²) in [6, 6.07) is 0. The van der Waals surface area contributed by atoms with Crippen LogP contribution in [0.25, 0.3) is 0 Å². The molecule has 0 radical (unpaired) electrons. The fourth-order valence-electron chi connectivity index (χ4n) is 0.617. The van der Waals surface area contributed by atoms with Crippen molar-refractivity contribution in [3.63, 3.8) is 0 Å². The molecule has 0 aliphatic rings. The Morgan fingerprint density at radius 2 is 1.90 bits per heavy atom. The first kappa shape index (κ1) is 9.39. The summed E-state index contributed by atoms with van der Waals surface area (Å²) in [6.07, 6.45) is -1.28. The summed E-state index contributed by atoms with van der Waals surface area (Å²) in [4.78, 5) is 10.3. The monoisotopic (exact) mass is 148 g/mol. The number of rotatable bonds is 4. The molecule has 10 heavy (non-hydrogen) atoms. The van der Waals surface area contributed by atoms with Crippen LogP contribution in [-0.4, -0.2) is 37.5 Å². The van der Waals surface area contributed by atoms with E-state index in [1.54, 1.807) is 6.92 Å². The van der Waals surface area contributed by atoms with Gasteiger partial charge in [0, 0.05) is 14.2 Å². The summed E-state index contributed by atoms with van der Waals surface area (Å²) >= 11 is 0. The van der Waals surface area contributed by atoms with Gasteiger partial charge in [-0.1, -0.05) is 0 Å². The molecule has 2 atom stereocenters. The molecule has 0 aromatic heterocycles. The molecule has 0 aromatic carbocycles. The predicted molar refractivity (Wildman–Crippen MR) is 34.9 cm³/mol. The van der Waals surface area contributed by atoms with Crippen molar-refractivity contribution in [3.05, 3.63) is 0 Å². The van der Waals surface area contributed by atoms with E-state index < -0.39 is 18.2 Å². The number of hydrogen-bond donors (Lipinski definition) is 1. The number of hydrogen-bond acceptors (Lipinski definition) is 3. The smallest absolute Gasteiger partial charge is 0.335 e. The van der Waals surface area contributed by atoms with Crippen LogP contribution < -0.4 is 0 Å². The van der Waals surface area contributed by atoms with Gasteiger partial charge in [0.25, 0.3) is 0 Å². The maximum absolute atomic E-state index is 10.3. The molecule has 0 aliphatic carbocycles. The van der Waals surface area contributed by atoms with Crippen LogP contribution >= 0.6 is 0 Å². The molecule has 0 aliphatic heterocycles. The van der Waals surface area contributed by atoms with Crippen molar-refractivity contribution in [1.82, 2.24) is 0 Å². The highest BCUT2D eigenvalue weighted by Crippen LogP contribution is 2.00. The fraction of sp³-hybridized carbons (Fsp3) is 0.833. The zero-order valence-electron chi connectivity index (χ0n) is 6.33. The fourth-order valence-corrected chi connectivity index (χ4v) is 0.617. The quantitative estimate of drug-likeness (QED) is 0.615. The summed E-state index contributed by atoms with van der Waals surface area (Å²) in [5, 5.41) is 8.47. The van der Waals surface area contributed by atoms with Crippen LogP contribution in [0.4, 0.5) is 0 Å². The van der Waals surface area contributed by atoms with Gasteiger partial charge in [-0.25, -0.2) is 4.79 Å². The summed E-state index contributed by atoms with van der Waals surface area (Å²) in [6.45, 7) is 1.64. The first-order valence-corrected chi connectivity index (χ1v) is 2.91. The molecule has 0 saturated heterocycles. The van der Waals surface area contributed by atoms with Crippen molar-refractivity contribution in [2.45, 2.75) is 19.1 Å². The maximum atomic E-state index is 10.3.